The van der Waals surface area contributed by atoms with E-state index in [0.717, 1.165) is 0 Å². The molecule has 0 bridgehead atoms. The summed E-state index contributed by atoms with van der Waals surface area (Å²) >= 11 is 0. The van der Waals surface area contributed by atoms with Crippen molar-refractivity contribution < 1.29 is 9.52 Å². The van der Waals surface area contributed by atoms with Crippen molar-refractivity contribution in [3.63, 3.8) is 0 Å². The van der Waals surface area contributed by atoms with Gasteiger partial charge in [-0.05, 0) is 6.92 Å². The summed E-state index contributed by atoms with van der Waals surface area (Å²) in [5, 5.41) is 8.99. The van der Waals surface area contributed by atoms with Gasteiger partial charge in [-0.15, -0.1) is 0 Å². The monoisotopic (exact) mass is 156 g/mol. The molecule has 0 saturated heterocycles. The highest BCUT2D eigenvalue weighted by Crippen LogP contribution is 2.20. The first-order valence-corrected chi connectivity index (χ1v) is 3.43. The Hall–Kier alpha value is -0.870. The van der Waals surface area contributed by atoms with Crippen LogP contribution >= 0.6 is 0 Å². The summed E-state index contributed by atoms with van der Waals surface area (Å²) in [5.74, 6) is 0.627. The average Bonchev–Trinajstić information content (AvgIpc) is 2.55. The summed E-state index contributed by atoms with van der Waals surface area (Å²) in [6, 6.07) is 0. The molecule has 1 rings (SSSR count). The minimum absolute atomic E-state index is 0.0291. The molecule has 1 atom stereocenters. The molecule has 4 nitrogen and oxygen atoms in total. The van der Waals surface area contributed by atoms with E-state index in [9.17, 15) is 0 Å². The van der Waals surface area contributed by atoms with Crippen LogP contribution in [0.15, 0.2) is 17.0 Å². The average molecular weight is 156 g/mol. The normalized spacial score (nSPS) is 16.3. The van der Waals surface area contributed by atoms with Crippen molar-refractivity contribution >= 4 is 0 Å². The molecule has 3 N–H and O–H groups in total. The van der Waals surface area contributed by atoms with Crippen LogP contribution in [-0.4, -0.2) is 23.2 Å². The van der Waals surface area contributed by atoms with Crippen molar-refractivity contribution in [2.75, 3.05) is 13.2 Å². The maximum atomic E-state index is 8.99. The number of hydrogen-bond acceptors (Lipinski definition) is 4. The van der Waals surface area contributed by atoms with Crippen molar-refractivity contribution in [1.29, 1.82) is 0 Å². The van der Waals surface area contributed by atoms with Crippen molar-refractivity contribution in [1.82, 2.24) is 4.98 Å². The highest BCUT2D eigenvalue weighted by atomic mass is 16.3. The van der Waals surface area contributed by atoms with Crippen molar-refractivity contribution in [3.8, 4) is 0 Å². The van der Waals surface area contributed by atoms with Crippen molar-refractivity contribution in [3.05, 3.63) is 18.4 Å². The van der Waals surface area contributed by atoms with E-state index in [2.05, 4.69) is 4.98 Å². The van der Waals surface area contributed by atoms with Gasteiger partial charge in [0.15, 0.2) is 6.39 Å². The van der Waals surface area contributed by atoms with Gasteiger partial charge in [0, 0.05) is 6.54 Å². The van der Waals surface area contributed by atoms with E-state index in [1.54, 1.807) is 6.20 Å². The first-order chi connectivity index (χ1) is 5.23. The Kier molecular flexibility index (Phi) is 2.26. The number of aromatic nitrogens is 1. The molecule has 1 aromatic heterocycles. The Morgan fingerprint density at radius 2 is 2.55 bits per heavy atom. The van der Waals surface area contributed by atoms with Crippen LogP contribution in [0.25, 0.3) is 0 Å². The molecule has 0 aliphatic rings. The number of hydrogen-bond donors (Lipinski definition) is 2. The van der Waals surface area contributed by atoms with Gasteiger partial charge in [-0.3, -0.25) is 0 Å². The quantitative estimate of drug-likeness (QED) is 0.640. The van der Waals surface area contributed by atoms with Gasteiger partial charge in [0.2, 0.25) is 0 Å². The van der Waals surface area contributed by atoms with Crippen LogP contribution in [0.2, 0.25) is 0 Å². The molecule has 1 aromatic rings. The largest absolute Gasteiger partial charge is 0.448 e. The summed E-state index contributed by atoms with van der Waals surface area (Å²) in [7, 11) is 0. The Morgan fingerprint density at radius 1 is 1.82 bits per heavy atom. The zero-order valence-electron chi connectivity index (χ0n) is 6.45. The maximum Gasteiger partial charge on any atom is 0.180 e. The number of nitrogens with two attached hydrogens (primary N) is 1. The lowest BCUT2D eigenvalue weighted by atomic mass is 9.89. The molecule has 62 valence electrons. The number of oxazole rings is 1. The van der Waals surface area contributed by atoms with Crippen LogP contribution in [0.1, 0.15) is 12.7 Å². The highest BCUT2D eigenvalue weighted by molar-refractivity contribution is 5.08. The van der Waals surface area contributed by atoms with E-state index in [1.165, 1.54) is 6.39 Å². The minimum Gasteiger partial charge on any atom is -0.448 e. The van der Waals surface area contributed by atoms with Crippen LogP contribution in [0.5, 0.6) is 0 Å². The topological polar surface area (TPSA) is 72.3 Å². The number of nitrogens with zero attached hydrogens (tertiary/aromatic N) is 1. The second-order valence-electron chi connectivity index (χ2n) is 2.79. The molecule has 0 spiro atoms. The lowest BCUT2D eigenvalue weighted by molar-refractivity contribution is 0.189. The number of aliphatic hydroxyl groups excluding tert-OH is 1. The van der Waals surface area contributed by atoms with Crippen LogP contribution in [-0.2, 0) is 5.41 Å². The predicted octanol–water partition coefficient (Wildman–Crippen LogP) is -0.117. The molecule has 1 heterocycles. The van der Waals surface area contributed by atoms with Gasteiger partial charge < -0.3 is 15.3 Å². The van der Waals surface area contributed by atoms with E-state index in [4.69, 9.17) is 15.3 Å². The second-order valence-corrected chi connectivity index (χ2v) is 2.79. The molecule has 0 aromatic carbocycles. The van der Waals surface area contributed by atoms with Crippen molar-refractivity contribution in [2.45, 2.75) is 12.3 Å². The third-order valence-electron chi connectivity index (χ3n) is 1.83. The summed E-state index contributed by atoms with van der Waals surface area (Å²) < 4.78 is 5.03. The highest BCUT2D eigenvalue weighted by Gasteiger charge is 2.27. The molecule has 0 aliphatic carbocycles. The summed E-state index contributed by atoms with van der Waals surface area (Å²) in [6.45, 7) is 2.14. The van der Waals surface area contributed by atoms with Gasteiger partial charge >= 0.3 is 0 Å². The molecule has 11 heavy (non-hydrogen) atoms. The molecule has 0 fully saturated rings. The lowest BCUT2D eigenvalue weighted by Gasteiger charge is -2.21. The standard InChI is InChI=1S/C7H12N2O2/c1-7(3-8,4-10)6-2-9-5-11-6/h2,5,10H,3-4,8H2,1H3. The molecular weight excluding hydrogens is 144 g/mol. The second kappa shape index (κ2) is 3.02. The number of rotatable bonds is 3. The molecule has 0 saturated carbocycles. The summed E-state index contributed by atoms with van der Waals surface area (Å²) in [5.41, 5.74) is 4.97. The van der Waals surface area contributed by atoms with Gasteiger partial charge in [0.05, 0.1) is 18.2 Å². The van der Waals surface area contributed by atoms with Gasteiger partial charge in [0.25, 0.3) is 0 Å². The van der Waals surface area contributed by atoms with E-state index in [-0.39, 0.29) is 6.61 Å². The van der Waals surface area contributed by atoms with Crippen molar-refractivity contribution in [2.24, 2.45) is 5.73 Å². The van der Waals surface area contributed by atoms with Gasteiger partial charge in [-0.1, -0.05) is 0 Å². The molecule has 0 aliphatic heterocycles. The SMILES string of the molecule is CC(CN)(CO)c1cnco1. The maximum absolute atomic E-state index is 8.99. The Labute approximate surface area is 65.0 Å². The molecular formula is C7H12N2O2. The van der Waals surface area contributed by atoms with E-state index >= 15 is 0 Å². The van der Waals surface area contributed by atoms with Crippen LogP contribution in [0, 0.1) is 0 Å². The first-order valence-electron chi connectivity index (χ1n) is 3.43. The third kappa shape index (κ3) is 1.41. The third-order valence-corrected chi connectivity index (χ3v) is 1.83. The van der Waals surface area contributed by atoms with Crippen LogP contribution in [0.3, 0.4) is 0 Å². The zero-order chi connectivity index (χ0) is 8.32. The van der Waals surface area contributed by atoms with Gasteiger partial charge in [-0.2, -0.15) is 0 Å². The van der Waals surface area contributed by atoms with Gasteiger partial charge in [0.1, 0.15) is 5.76 Å². The smallest absolute Gasteiger partial charge is 0.180 e. The number of aliphatic hydroxyl groups is 1. The van der Waals surface area contributed by atoms with Gasteiger partial charge in [-0.25, -0.2) is 4.98 Å². The Morgan fingerprint density at radius 3 is 2.91 bits per heavy atom. The Balaban J connectivity index is 2.87. The van der Waals surface area contributed by atoms with Crippen LogP contribution in [0.4, 0.5) is 0 Å². The minimum atomic E-state index is -0.490. The van der Waals surface area contributed by atoms with E-state index in [1.807, 2.05) is 6.92 Å². The fraction of sp³-hybridized carbons (Fsp3) is 0.571. The Bertz CT molecular complexity index is 204. The predicted molar refractivity (Wildman–Crippen MR) is 40.0 cm³/mol. The first kappa shape index (κ1) is 8.23. The molecule has 1 unspecified atom stereocenters. The molecule has 0 amide bonds. The fourth-order valence-corrected chi connectivity index (χ4v) is 0.757. The molecule has 4 heteroatoms. The molecule has 0 radical (unpaired) electrons. The van der Waals surface area contributed by atoms with Crippen LogP contribution < -0.4 is 5.73 Å². The van der Waals surface area contributed by atoms with E-state index in [0.29, 0.717) is 12.3 Å². The fourth-order valence-electron chi connectivity index (χ4n) is 0.757. The summed E-state index contributed by atoms with van der Waals surface area (Å²) in [4.78, 5) is 3.75. The summed E-state index contributed by atoms with van der Waals surface area (Å²) in [6.07, 6.45) is 2.90. The zero-order valence-corrected chi connectivity index (χ0v) is 6.45. The lowest BCUT2D eigenvalue weighted by Crippen LogP contribution is -2.35. The van der Waals surface area contributed by atoms with E-state index < -0.39 is 5.41 Å².